The third kappa shape index (κ3) is 3.13. The van der Waals surface area contributed by atoms with E-state index in [1.807, 2.05) is 0 Å². The maximum atomic E-state index is 11.9. The lowest BCUT2D eigenvalue weighted by Gasteiger charge is -2.25. The van der Waals surface area contributed by atoms with Crippen LogP contribution in [0.15, 0.2) is 12.1 Å². The molecule has 98 valence electrons. The molecule has 0 atom stereocenters. The fraction of sp³-hybridized carbons (Fsp3) is 0.538. The second-order valence-electron chi connectivity index (χ2n) is 4.62. The van der Waals surface area contributed by atoms with Crippen LogP contribution in [-0.4, -0.2) is 24.5 Å². The maximum absolute atomic E-state index is 11.9. The lowest BCUT2D eigenvalue weighted by molar-refractivity contribution is 0.0944. The van der Waals surface area contributed by atoms with Crippen LogP contribution < -0.4 is 10.6 Å². The summed E-state index contributed by atoms with van der Waals surface area (Å²) in [5.74, 6) is 1.23. The quantitative estimate of drug-likeness (QED) is 0.862. The van der Waals surface area contributed by atoms with Crippen LogP contribution in [0.1, 0.15) is 36.2 Å². The number of nitrogens with one attached hydrogen (secondary N) is 2. The Hall–Kier alpha value is -1.29. The molecule has 0 spiro atoms. The molecule has 0 aromatic carbocycles. The highest BCUT2D eigenvalue weighted by atomic mass is 35.5. The van der Waals surface area contributed by atoms with Crippen LogP contribution in [0.3, 0.4) is 0 Å². The van der Waals surface area contributed by atoms with E-state index in [0.717, 1.165) is 12.3 Å². The van der Waals surface area contributed by atoms with E-state index in [2.05, 4.69) is 15.6 Å². The molecule has 0 bridgehead atoms. The second-order valence-corrected chi connectivity index (χ2v) is 5.03. The minimum atomic E-state index is -0.198. The Morgan fingerprint density at radius 1 is 1.50 bits per heavy atom. The minimum Gasteiger partial charge on any atom is -0.373 e. The zero-order valence-corrected chi connectivity index (χ0v) is 11.3. The molecular weight excluding hydrogens is 250 g/mol. The van der Waals surface area contributed by atoms with Crippen LogP contribution in [0.5, 0.6) is 0 Å². The number of carbonyl (C=O) groups excluding carboxylic acids is 1. The summed E-state index contributed by atoms with van der Waals surface area (Å²) in [4.78, 5) is 16.1. The SMILES string of the molecule is CNc1ccc(Cl)c(C(=O)NCCC2CCC2)n1. The predicted molar refractivity (Wildman–Crippen MR) is 73.1 cm³/mol. The number of nitrogens with zero attached hydrogens (tertiary/aromatic N) is 1. The van der Waals surface area contributed by atoms with Gasteiger partial charge in [0.2, 0.25) is 0 Å². The summed E-state index contributed by atoms with van der Waals surface area (Å²) < 4.78 is 0. The first-order chi connectivity index (χ1) is 8.70. The second kappa shape index (κ2) is 6.05. The number of anilines is 1. The predicted octanol–water partition coefficient (Wildman–Crippen LogP) is 2.70. The molecule has 1 saturated carbocycles. The zero-order valence-electron chi connectivity index (χ0n) is 10.5. The first-order valence-electron chi connectivity index (χ1n) is 6.33. The van der Waals surface area contributed by atoms with Gasteiger partial charge in [0.05, 0.1) is 5.02 Å². The number of carbonyl (C=O) groups is 1. The Bertz CT molecular complexity index is 432. The average molecular weight is 268 g/mol. The first-order valence-corrected chi connectivity index (χ1v) is 6.71. The molecule has 0 saturated heterocycles. The molecule has 2 N–H and O–H groups in total. The molecule has 1 aliphatic carbocycles. The van der Waals surface area contributed by atoms with Crippen molar-refractivity contribution in [2.75, 3.05) is 18.9 Å². The smallest absolute Gasteiger partial charge is 0.271 e. The van der Waals surface area contributed by atoms with E-state index in [0.29, 0.717) is 17.4 Å². The van der Waals surface area contributed by atoms with E-state index in [4.69, 9.17) is 11.6 Å². The summed E-state index contributed by atoms with van der Waals surface area (Å²) >= 11 is 5.98. The topological polar surface area (TPSA) is 54.0 Å². The standard InChI is InChI=1S/C13H18ClN3O/c1-15-11-6-5-10(14)12(17-11)13(18)16-8-7-9-3-2-4-9/h5-6,9H,2-4,7-8H2,1H3,(H,15,17)(H,16,18). The Morgan fingerprint density at radius 2 is 2.28 bits per heavy atom. The largest absolute Gasteiger partial charge is 0.373 e. The number of hydrogen-bond acceptors (Lipinski definition) is 3. The monoisotopic (exact) mass is 267 g/mol. The average Bonchev–Trinajstić information content (AvgIpc) is 2.32. The number of hydrogen-bond donors (Lipinski definition) is 2. The van der Waals surface area contributed by atoms with Crippen molar-refractivity contribution in [2.45, 2.75) is 25.7 Å². The minimum absolute atomic E-state index is 0.198. The molecule has 5 heteroatoms. The summed E-state index contributed by atoms with van der Waals surface area (Å²) in [5, 5.41) is 6.15. The molecule has 4 nitrogen and oxygen atoms in total. The third-order valence-corrected chi connectivity index (χ3v) is 3.69. The lowest BCUT2D eigenvalue weighted by Crippen LogP contribution is -2.28. The molecule has 0 radical (unpaired) electrons. The Labute approximate surface area is 112 Å². The van der Waals surface area contributed by atoms with Gasteiger partial charge in [-0.1, -0.05) is 30.9 Å². The Balaban J connectivity index is 1.90. The van der Waals surface area contributed by atoms with Crippen LogP contribution in [-0.2, 0) is 0 Å². The van der Waals surface area contributed by atoms with Gasteiger partial charge in [0.25, 0.3) is 5.91 Å². The van der Waals surface area contributed by atoms with Crippen molar-refractivity contribution in [2.24, 2.45) is 5.92 Å². The number of rotatable bonds is 5. The van der Waals surface area contributed by atoms with Crippen molar-refractivity contribution >= 4 is 23.3 Å². The molecule has 2 rings (SSSR count). The van der Waals surface area contributed by atoms with Gasteiger partial charge in [-0.05, 0) is 24.5 Å². The third-order valence-electron chi connectivity index (χ3n) is 3.38. The van der Waals surface area contributed by atoms with Crippen LogP contribution >= 0.6 is 11.6 Å². The normalized spacial score (nSPS) is 15.0. The molecule has 1 aromatic heterocycles. The summed E-state index contributed by atoms with van der Waals surface area (Å²) in [6.45, 7) is 0.700. The number of pyridine rings is 1. The van der Waals surface area contributed by atoms with Crippen LogP contribution in [0.2, 0.25) is 5.02 Å². The van der Waals surface area contributed by atoms with Gasteiger partial charge in [0, 0.05) is 13.6 Å². The fourth-order valence-corrected chi connectivity index (χ4v) is 2.19. The molecule has 1 aromatic rings. The molecule has 18 heavy (non-hydrogen) atoms. The number of halogens is 1. The van der Waals surface area contributed by atoms with E-state index in [9.17, 15) is 4.79 Å². The van der Waals surface area contributed by atoms with Crippen molar-refractivity contribution in [3.8, 4) is 0 Å². The Morgan fingerprint density at radius 3 is 2.89 bits per heavy atom. The number of aromatic nitrogens is 1. The van der Waals surface area contributed by atoms with E-state index in [1.165, 1.54) is 19.3 Å². The van der Waals surface area contributed by atoms with Crippen molar-refractivity contribution in [1.82, 2.24) is 10.3 Å². The van der Waals surface area contributed by atoms with Crippen molar-refractivity contribution in [3.63, 3.8) is 0 Å². The highest BCUT2D eigenvalue weighted by Crippen LogP contribution is 2.28. The molecule has 1 heterocycles. The molecule has 1 aliphatic rings. The molecule has 0 unspecified atom stereocenters. The maximum Gasteiger partial charge on any atom is 0.271 e. The van der Waals surface area contributed by atoms with Gasteiger partial charge in [0.1, 0.15) is 11.5 Å². The summed E-state index contributed by atoms with van der Waals surface area (Å²) in [6.07, 6.45) is 4.97. The number of amides is 1. The van der Waals surface area contributed by atoms with Gasteiger partial charge >= 0.3 is 0 Å². The van der Waals surface area contributed by atoms with Crippen LogP contribution in [0.4, 0.5) is 5.82 Å². The molecule has 0 aliphatic heterocycles. The van der Waals surface area contributed by atoms with Gasteiger partial charge in [-0.15, -0.1) is 0 Å². The van der Waals surface area contributed by atoms with Crippen molar-refractivity contribution in [3.05, 3.63) is 22.8 Å². The highest BCUT2D eigenvalue weighted by molar-refractivity contribution is 6.33. The van der Waals surface area contributed by atoms with Gasteiger partial charge < -0.3 is 10.6 Å². The van der Waals surface area contributed by atoms with E-state index in [-0.39, 0.29) is 11.6 Å². The van der Waals surface area contributed by atoms with Gasteiger partial charge in [-0.2, -0.15) is 0 Å². The van der Waals surface area contributed by atoms with Crippen molar-refractivity contribution < 1.29 is 4.79 Å². The Kier molecular flexibility index (Phi) is 4.42. The van der Waals surface area contributed by atoms with Gasteiger partial charge in [-0.25, -0.2) is 4.98 Å². The van der Waals surface area contributed by atoms with E-state index < -0.39 is 0 Å². The molecular formula is C13H18ClN3O. The van der Waals surface area contributed by atoms with Gasteiger partial charge in [-0.3, -0.25) is 4.79 Å². The summed E-state index contributed by atoms with van der Waals surface area (Å²) in [5.41, 5.74) is 0.289. The molecule has 1 amide bonds. The zero-order chi connectivity index (χ0) is 13.0. The molecule has 1 fully saturated rings. The van der Waals surface area contributed by atoms with Crippen LogP contribution in [0, 0.1) is 5.92 Å². The van der Waals surface area contributed by atoms with Gasteiger partial charge in [0.15, 0.2) is 0 Å². The van der Waals surface area contributed by atoms with E-state index >= 15 is 0 Å². The summed E-state index contributed by atoms with van der Waals surface area (Å²) in [6, 6.07) is 3.43. The summed E-state index contributed by atoms with van der Waals surface area (Å²) in [7, 11) is 1.76. The highest BCUT2D eigenvalue weighted by Gasteiger charge is 2.18. The fourth-order valence-electron chi connectivity index (χ4n) is 2.00. The van der Waals surface area contributed by atoms with Crippen LogP contribution in [0.25, 0.3) is 0 Å². The van der Waals surface area contributed by atoms with Crippen molar-refractivity contribution in [1.29, 1.82) is 0 Å². The lowest BCUT2D eigenvalue weighted by atomic mass is 9.83. The first kappa shape index (κ1) is 13.1. The van der Waals surface area contributed by atoms with E-state index in [1.54, 1.807) is 19.2 Å².